The van der Waals surface area contributed by atoms with Crippen LogP contribution in [0, 0.1) is 6.07 Å². The average molecular weight is 654 g/mol. The molecule has 187 valence electrons. The number of fused-ring (bicyclic) bond motifs is 1. The van der Waals surface area contributed by atoms with Crippen molar-refractivity contribution < 1.29 is 20.1 Å². The third kappa shape index (κ3) is 4.92. The van der Waals surface area contributed by atoms with Crippen molar-refractivity contribution in [1.82, 2.24) is 19.9 Å². The molecular weight excluding hydrogens is 621 g/mol. The molecule has 4 aromatic rings. The summed E-state index contributed by atoms with van der Waals surface area (Å²) < 4.78 is 0. The van der Waals surface area contributed by atoms with Gasteiger partial charge in [-0.3, -0.25) is 0 Å². The van der Waals surface area contributed by atoms with Crippen LogP contribution in [-0.4, -0.2) is 19.9 Å². The molecule has 0 fully saturated rings. The summed E-state index contributed by atoms with van der Waals surface area (Å²) in [6.07, 6.45) is 3.00. The predicted molar refractivity (Wildman–Crippen MR) is 142 cm³/mol. The van der Waals surface area contributed by atoms with E-state index in [0.29, 0.717) is 11.6 Å². The van der Waals surface area contributed by atoms with Crippen LogP contribution in [0.1, 0.15) is 71.8 Å². The molecule has 2 aromatic carbocycles. The maximum Gasteiger partial charge on any atom is 0.165 e. The summed E-state index contributed by atoms with van der Waals surface area (Å²) in [5.41, 5.74) is 6.70. The molecule has 5 heteroatoms. The van der Waals surface area contributed by atoms with Gasteiger partial charge in [-0.25, -0.2) is 15.0 Å². The number of aromatic nitrogens is 4. The van der Waals surface area contributed by atoms with E-state index in [-0.39, 0.29) is 36.4 Å². The van der Waals surface area contributed by atoms with Gasteiger partial charge in [0.2, 0.25) is 0 Å². The van der Waals surface area contributed by atoms with Crippen LogP contribution in [0.5, 0.6) is 0 Å². The Labute approximate surface area is 228 Å². The van der Waals surface area contributed by atoms with Gasteiger partial charge in [0.1, 0.15) is 5.82 Å². The van der Waals surface area contributed by atoms with Gasteiger partial charge in [-0.2, -0.15) is 0 Å². The Morgan fingerprint density at radius 3 is 2.03 bits per heavy atom. The van der Waals surface area contributed by atoms with Crippen molar-refractivity contribution in [3.05, 3.63) is 83.8 Å². The first kappa shape index (κ1) is 26.3. The van der Waals surface area contributed by atoms with Crippen molar-refractivity contribution in [2.24, 2.45) is 0 Å². The Bertz CT molecular complexity index is 1380. The first-order valence-electron chi connectivity index (χ1n) is 12.3. The van der Waals surface area contributed by atoms with Crippen LogP contribution in [-0.2, 0) is 36.4 Å². The van der Waals surface area contributed by atoms with Gasteiger partial charge in [-0.1, -0.05) is 90.9 Å². The van der Waals surface area contributed by atoms with Gasteiger partial charge >= 0.3 is 0 Å². The molecular formula is C31H33IrN4-. The fourth-order valence-electron chi connectivity index (χ4n) is 5.30. The van der Waals surface area contributed by atoms with Gasteiger partial charge in [0.15, 0.2) is 11.6 Å². The zero-order chi connectivity index (χ0) is 25.0. The van der Waals surface area contributed by atoms with Crippen molar-refractivity contribution in [2.75, 3.05) is 0 Å². The van der Waals surface area contributed by atoms with Gasteiger partial charge in [-0.05, 0) is 22.9 Å². The molecule has 0 N–H and O–H groups in total. The summed E-state index contributed by atoms with van der Waals surface area (Å²) in [5.74, 6) is 2.09. The van der Waals surface area contributed by atoms with Crippen LogP contribution in [0.3, 0.4) is 0 Å². The summed E-state index contributed by atoms with van der Waals surface area (Å²) in [6, 6.07) is 22.1. The SMILES string of the molecule is CC(C)(C)c1nc(-c2ccccc2)nc(-c2ccc(-c3[c-]cc4c(c3)C(C)(C)CC4(C)C)nc2)n1.[Ir]. The Morgan fingerprint density at radius 2 is 1.42 bits per heavy atom. The van der Waals surface area contributed by atoms with Gasteiger partial charge in [-0.15, -0.1) is 34.9 Å². The molecule has 0 saturated carbocycles. The largest absolute Gasteiger partial charge is 0.304 e. The maximum atomic E-state index is 4.82. The summed E-state index contributed by atoms with van der Waals surface area (Å²) in [7, 11) is 0. The van der Waals surface area contributed by atoms with E-state index in [9.17, 15) is 0 Å². The van der Waals surface area contributed by atoms with E-state index < -0.39 is 0 Å². The minimum atomic E-state index is -0.200. The van der Waals surface area contributed by atoms with Gasteiger partial charge in [0, 0.05) is 42.8 Å². The Kier molecular flexibility index (Phi) is 6.78. The molecule has 1 radical (unpaired) electrons. The molecule has 0 amide bonds. The smallest absolute Gasteiger partial charge is 0.165 e. The molecule has 0 bridgehead atoms. The van der Waals surface area contributed by atoms with Crippen LogP contribution in [0.2, 0.25) is 0 Å². The Morgan fingerprint density at radius 1 is 0.778 bits per heavy atom. The molecule has 4 nitrogen and oxygen atoms in total. The molecule has 2 aromatic heterocycles. The van der Waals surface area contributed by atoms with Gasteiger partial charge in [0.05, 0.1) is 0 Å². The molecule has 0 atom stereocenters. The van der Waals surface area contributed by atoms with E-state index in [4.69, 9.17) is 19.9 Å². The van der Waals surface area contributed by atoms with Crippen molar-refractivity contribution in [3.63, 3.8) is 0 Å². The van der Waals surface area contributed by atoms with Crippen molar-refractivity contribution in [2.45, 2.75) is 71.1 Å². The molecule has 36 heavy (non-hydrogen) atoms. The van der Waals surface area contributed by atoms with E-state index in [1.54, 1.807) is 0 Å². The average Bonchev–Trinajstić information content (AvgIpc) is 3.02. The van der Waals surface area contributed by atoms with Crippen molar-refractivity contribution in [1.29, 1.82) is 0 Å². The first-order valence-corrected chi connectivity index (χ1v) is 12.3. The number of benzene rings is 2. The monoisotopic (exact) mass is 654 g/mol. The van der Waals surface area contributed by atoms with E-state index in [1.165, 1.54) is 11.1 Å². The summed E-state index contributed by atoms with van der Waals surface area (Å²) in [4.78, 5) is 19.2. The molecule has 0 saturated heterocycles. The summed E-state index contributed by atoms with van der Waals surface area (Å²) in [6.45, 7) is 15.7. The van der Waals surface area contributed by atoms with Crippen LogP contribution in [0.15, 0.2) is 60.8 Å². The molecule has 1 aliphatic carbocycles. The molecule has 2 heterocycles. The normalized spacial score (nSPS) is 15.8. The van der Waals surface area contributed by atoms with Crippen molar-refractivity contribution in [3.8, 4) is 34.0 Å². The number of rotatable bonds is 3. The summed E-state index contributed by atoms with van der Waals surface area (Å²) >= 11 is 0. The van der Waals surface area contributed by atoms with Crippen LogP contribution >= 0.6 is 0 Å². The van der Waals surface area contributed by atoms with E-state index in [1.807, 2.05) is 42.6 Å². The van der Waals surface area contributed by atoms with Crippen molar-refractivity contribution >= 4 is 0 Å². The third-order valence-corrected chi connectivity index (χ3v) is 6.93. The quantitative estimate of drug-likeness (QED) is 0.218. The van der Waals surface area contributed by atoms with Crippen LogP contribution in [0.25, 0.3) is 34.0 Å². The summed E-state index contributed by atoms with van der Waals surface area (Å²) in [5, 5.41) is 0. The first-order chi connectivity index (χ1) is 16.4. The molecule has 0 unspecified atom stereocenters. The van der Waals surface area contributed by atoms with Gasteiger partial charge in [0.25, 0.3) is 0 Å². The topological polar surface area (TPSA) is 51.6 Å². The number of hydrogen-bond donors (Lipinski definition) is 0. The van der Waals surface area contributed by atoms with Gasteiger partial charge < -0.3 is 4.98 Å². The van der Waals surface area contributed by atoms with E-state index in [2.05, 4.69) is 72.7 Å². The predicted octanol–water partition coefficient (Wildman–Crippen LogP) is 7.32. The fraction of sp³-hybridized carbons (Fsp3) is 0.355. The Hall–Kier alpha value is -2.75. The van der Waals surface area contributed by atoms with Crippen LogP contribution < -0.4 is 0 Å². The zero-order valence-electron chi connectivity index (χ0n) is 22.1. The zero-order valence-corrected chi connectivity index (χ0v) is 24.5. The maximum absolute atomic E-state index is 4.82. The number of hydrogen-bond acceptors (Lipinski definition) is 4. The second kappa shape index (κ2) is 9.28. The minimum Gasteiger partial charge on any atom is -0.304 e. The third-order valence-electron chi connectivity index (χ3n) is 6.93. The molecule has 5 rings (SSSR count). The standard InChI is InChI=1S/C31H33N4.Ir/c1-29(2,3)28-34-26(20-11-9-8-10-12-20)33-27(35-28)22-14-16-25(32-18-22)21-13-15-23-24(17-21)31(6,7)19-30(23,4)5;/h8-12,14-18H,19H2,1-7H3;/q-1;. The molecule has 0 spiro atoms. The molecule has 1 aliphatic rings. The fourth-order valence-corrected chi connectivity index (χ4v) is 5.30. The second-order valence-corrected chi connectivity index (χ2v) is 12.0. The van der Waals surface area contributed by atoms with E-state index >= 15 is 0 Å². The minimum absolute atomic E-state index is 0. The number of pyridine rings is 1. The van der Waals surface area contributed by atoms with Crippen LogP contribution in [0.4, 0.5) is 0 Å². The van der Waals surface area contributed by atoms with E-state index in [0.717, 1.165) is 34.6 Å². The number of nitrogens with zero attached hydrogens (tertiary/aromatic N) is 4. The Balaban J connectivity index is 0.00000304. The second-order valence-electron chi connectivity index (χ2n) is 12.0. The molecule has 0 aliphatic heterocycles.